The molecule has 0 radical (unpaired) electrons. The Morgan fingerprint density at radius 1 is 0.750 bits per heavy atom. The Labute approximate surface area is 146 Å². The van der Waals surface area contributed by atoms with Crippen LogP contribution in [0.5, 0.6) is 0 Å². The van der Waals surface area contributed by atoms with E-state index in [2.05, 4.69) is 71.6 Å². The maximum absolute atomic E-state index is 2.75. The van der Waals surface area contributed by atoms with Crippen LogP contribution < -0.4 is 0 Å². The molecule has 1 nitrogen and oxygen atoms in total. The first kappa shape index (κ1) is 15.7. The third-order valence-corrected chi connectivity index (χ3v) is 5.69. The van der Waals surface area contributed by atoms with Gasteiger partial charge < -0.3 is 0 Å². The summed E-state index contributed by atoms with van der Waals surface area (Å²) in [5, 5.41) is 0. The average molecular weight is 317 g/mol. The number of piperidine rings is 2. The summed E-state index contributed by atoms with van der Waals surface area (Å²) in [4.78, 5) is 2.75. The van der Waals surface area contributed by atoms with E-state index >= 15 is 0 Å². The van der Waals surface area contributed by atoms with E-state index < -0.39 is 0 Å². The molecule has 1 heteroatoms. The number of fused-ring (bicyclic) bond motifs is 1. The molecule has 2 atom stereocenters. The lowest BCUT2D eigenvalue weighted by atomic mass is 9.81. The van der Waals surface area contributed by atoms with Crippen molar-refractivity contribution in [3.8, 4) is 0 Å². The summed E-state index contributed by atoms with van der Waals surface area (Å²) < 4.78 is 0. The van der Waals surface area contributed by atoms with Crippen LogP contribution in [0.1, 0.15) is 43.2 Å². The molecular formula is C23H27N. The van der Waals surface area contributed by atoms with Crippen LogP contribution in [0.15, 0.2) is 66.7 Å². The molecule has 0 aromatic heterocycles. The Kier molecular flexibility index (Phi) is 4.80. The molecule has 24 heavy (non-hydrogen) atoms. The van der Waals surface area contributed by atoms with E-state index in [0.717, 1.165) is 6.04 Å². The van der Waals surface area contributed by atoms with Gasteiger partial charge in [-0.15, -0.1) is 0 Å². The molecular weight excluding hydrogens is 290 g/mol. The van der Waals surface area contributed by atoms with Crippen molar-refractivity contribution in [2.45, 2.75) is 38.1 Å². The normalized spacial score (nSPS) is 24.2. The predicted octanol–water partition coefficient (Wildman–Crippen LogP) is 5.38. The Hall–Kier alpha value is -1.86. The fraction of sp³-hybridized carbons (Fsp3) is 0.391. The summed E-state index contributed by atoms with van der Waals surface area (Å²) in [6.07, 6.45) is 9.43. The molecule has 0 saturated carbocycles. The van der Waals surface area contributed by atoms with Crippen LogP contribution in [-0.4, -0.2) is 24.0 Å². The van der Waals surface area contributed by atoms with E-state index in [1.54, 1.807) is 0 Å². The summed E-state index contributed by atoms with van der Waals surface area (Å²) >= 11 is 0. The predicted molar refractivity (Wildman–Crippen MR) is 102 cm³/mol. The van der Waals surface area contributed by atoms with Gasteiger partial charge in [0.2, 0.25) is 0 Å². The highest BCUT2D eigenvalue weighted by Crippen LogP contribution is 2.35. The monoisotopic (exact) mass is 317 g/mol. The molecule has 124 valence electrons. The van der Waals surface area contributed by atoms with Crippen molar-refractivity contribution in [1.82, 2.24) is 4.90 Å². The topological polar surface area (TPSA) is 3.24 Å². The third kappa shape index (κ3) is 3.32. The summed E-state index contributed by atoms with van der Waals surface area (Å²) in [6.45, 7) is 2.61. The molecule has 0 N–H and O–H groups in total. The molecule has 2 aromatic rings. The van der Waals surface area contributed by atoms with Crippen LogP contribution in [0, 0.1) is 5.92 Å². The van der Waals surface area contributed by atoms with Gasteiger partial charge in [-0.1, -0.05) is 73.2 Å². The van der Waals surface area contributed by atoms with E-state index in [1.165, 1.54) is 61.9 Å². The van der Waals surface area contributed by atoms with E-state index in [-0.39, 0.29) is 0 Å². The Balaban J connectivity index is 1.71. The van der Waals surface area contributed by atoms with Crippen LogP contribution in [0.4, 0.5) is 0 Å². The number of hydrogen-bond donors (Lipinski definition) is 0. The minimum Gasteiger partial charge on any atom is -0.300 e. The minimum absolute atomic E-state index is 0.689. The first-order valence-corrected chi connectivity index (χ1v) is 9.48. The second-order valence-corrected chi connectivity index (χ2v) is 7.22. The molecule has 0 amide bonds. The van der Waals surface area contributed by atoms with Crippen molar-refractivity contribution >= 4 is 5.57 Å². The summed E-state index contributed by atoms with van der Waals surface area (Å²) in [7, 11) is 0. The molecule has 2 aliphatic rings. The smallest absolute Gasteiger partial charge is 0.0158 e. The van der Waals surface area contributed by atoms with Gasteiger partial charge in [0, 0.05) is 6.04 Å². The Morgan fingerprint density at radius 3 is 2.04 bits per heavy atom. The molecule has 0 unspecified atom stereocenters. The summed E-state index contributed by atoms with van der Waals surface area (Å²) in [5.41, 5.74) is 4.10. The highest BCUT2D eigenvalue weighted by molar-refractivity contribution is 5.79. The van der Waals surface area contributed by atoms with Gasteiger partial charge in [0.05, 0.1) is 0 Å². The molecule has 2 aromatic carbocycles. The summed E-state index contributed by atoms with van der Waals surface area (Å²) in [5.74, 6) is 0.689. The van der Waals surface area contributed by atoms with Crippen molar-refractivity contribution in [3.63, 3.8) is 0 Å². The minimum atomic E-state index is 0.689. The second-order valence-electron chi connectivity index (χ2n) is 7.22. The largest absolute Gasteiger partial charge is 0.300 e. The molecule has 0 aliphatic carbocycles. The maximum Gasteiger partial charge on any atom is 0.0158 e. The average Bonchev–Trinajstić information content (AvgIpc) is 2.67. The van der Waals surface area contributed by atoms with Crippen LogP contribution in [0.2, 0.25) is 0 Å². The lowest BCUT2D eigenvalue weighted by Crippen LogP contribution is -2.47. The van der Waals surface area contributed by atoms with E-state index in [4.69, 9.17) is 0 Å². The number of rotatable bonds is 3. The van der Waals surface area contributed by atoms with Gasteiger partial charge in [0.25, 0.3) is 0 Å². The quantitative estimate of drug-likeness (QED) is 0.734. The molecule has 0 bridgehead atoms. The molecule has 2 aliphatic heterocycles. The van der Waals surface area contributed by atoms with Crippen molar-refractivity contribution < 1.29 is 0 Å². The molecule has 4 rings (SSSR count). The Morgan fingerprint density at radius 2 is 1.38 bits per heavy atom. The molecule has 2 heterocycles. The third-order valence-electron chi connectivity index (χ3n) is 5.69. The van der Waals surface area contributed by atoms with E-state index in [9.17, 15) is 0 Å². The fourth-order valence-electron chi connectivity index (χ4n) is 4.50. The molecule has 2 fully saturated rings. The lowest BCUT2D eigenvalue weighted by Gasteiger charge is -2.43. The zero-order chi connectivity index (χ0) is 16.2. The van der Waals surface area contributed by atoms with E-state index in [0.29, 0.717) is 5.92 Å². The highest BCUT2D eigenvalue weighted by Gasteiger charge is 2.32. The fourth-order valence-corrected chi connectivity index (χ4v) is 4.50. The van der Waals surface area contributed by atoms with Crippen LogP contribution in [0.25, 0.3) is 5.57 Å². The van der Waals surface area contributed by atoms with Crippen molar-refractivity contribution in [2.75, 3.05) is 13.1 Å². The van der Waals surface area contributed by atoms with Crippen LogP contribution in [-0.2, 0) is 0 Å². The first-order valence-electron chi connectivity index (χ1n) is 9.48. The van der Waals surface area contributed by atoms with E-state index in [1.807, 2.05) is 0 Å². The van der Waals surface area contributed by atoms with Crippen molar-refractivity contribution in [2.24, 2.45) is 5.92 Å². The molecule has 2 saturated heterocycles. The van der Waals surface area contributed by atoms with Crippen LogP contribution >= 0.6 is 0 Å². The van der Waals surface area contributed by atoms with Crippen molar-refractivity contribution in [3.05, 3.63) is 77.9 Å². The lowest BCUT2D eigenvalue weighted by molar-refractivity contribution is 0.0786. The van der Waals surface area contributed by atoms with Gasteiger partial charge in [0.1, 0.15) is 0 Å². The van der Waals surface area contributed by atoms with Gasteiger partial charge in [-0.25, -0.2) is 0 Å². The van der Waals surface area contributed by atoms with Gasteiger partial charge >= 0.3 is 0 Å². The van der Waals surface area contributed by atoms with Gasteiger partial charge in [-0.05, 0) is 61.4 Å². The van der Waals surface area contributed by atoms with Crippen molar-refractivity contribution in [1.29, 1.82) is 0 Å². The zero-order valence-electron chi connectivity index (χ0n) is 14.4. The van der Waals surface area contributed by atoms with Gasteiger partial charge in [-0.3, -0.25) is 4.90 Å². The highest BCUT2D eigenvalue weighted by atomic mass is 15.2. The summed E-state index contributed by atoms with van der Waals surface area (Å²) in [6, 6.07) is 22.6. The van der Waals surface area contributed by atoms with Crippen LogP contribution in [0.3, 0.4) is 0 Å². The van der Waals surface area contributed by atoms with Gasteiger partial charge in [-0.2, -0.15) is 0 Å². The first-order chi connectivity index (χ1) is 11.9. The number of nitrogens with zero attached hydrogens (tertiary/aromatic N) is 1. The molecule has 0 spiro atoms. The standard InChI is InChI=1S/C23H27N/c1-3-10-19(11-4-1)22(20-12-5-2-6-13-20)18-21-14-9-17-24-16-8-7-15-23(21)24/h1-6,10-13,18,21,23H,7-9,14-17H2/t21-,23-/m1/s1. The number of benzene rings is 2. The van der Waals surface area contributed by atoms with Gasteiger partial charge in [0.15, 0.2) is 0 Å². The zero-order valence-corrected chi connectivity index (χ0v) is 14.4. The second kappa shape index (κ2) is 7.36. The Bertz CT molecular complexity index is 630. The maximum atomic E-state index is 2.75. The number of hydrogen-bond acceptors (Lipinski definition) is 1. The SMILES string of the molecule is C(=C(c1ccccc1)c1ccccc1)[C@H]1CCCN2CCCC[C@H]12.